The summed E-state index contributed by atoms with van der Waals surface area (Å²) in [7, 11) is 0. The predicted octanol–water partition coefficient (Wildman–Crippen LogP) is 5.82. The molecule has 0 fully saturated rings. The van der Waals surface area contributed by atoms with E-state index in [0.29, 0.717) is 32.3 Å². The molecular formula is C21H14Cl3N5OS. The smallest absolute Gasteiger partial charge is 0.257 e. The van der Waals surface area contributed by atoms with Crippen molar-refractivity contribution >= 4 is 74.8 Å². The number of aryl methyl sites for hydroxylation is 1. The van der Waals surface area contributed by atoms with Crippen LogP contribution in [0, 0.1) is 6.92 Å². The Kier molecular flexibility index (Phi) is 6.11. The van der Waals surface area contributed by atoms with Crippen molar-refractivity contribution in [3.05, 3.63) is 80.8 Å². The van der Waals surface area contributed by atoms with Gasteiger partial charge in [0.15, 0.2) is 5.11 Å². The number of hydrogen-bond donors (Lipinski definition) is 2. The lowest BCUT2D eigenvalue weighted by Gasteiger charge is -2.11. The maximum atomic E-state index is 12.4. The highest BCUT2D eigenvalue weighted by Gasteiger charge is 2.13. The number of rotatable bonds is 3. The lowest BCUT2D eigenvalue weighted by Crippen LogP contribution is -2.34. The molecule has 3 aromatic carbocycles. The van der Waals surface area contributed by atoms with Crippen LogP contribution >= 0.6 is 47.0 Å². The summed E-state index contributed by atoms with van der Waals surface area (Å²) in [5, 5.41) is 15.6. The summed E-state index contributed by atoms with van der Waals surface area (Å²) in [6.07, 6.45) is 0. The third-order valence-corrected chi connectivity index (χ3v) is 5.65. The van der Waals surface area contributed by atoms with Crippen molar-refractivity contribution in [3.8, 4) is 5.69 Å². The molecule has 2 N–H and O–H groups in total. The van der Waals surface area contributed by atoms with E-state index in [4.69, 9.17) is 47.0 Å². The Bertz CT molecular complexity index is 1320. The molecule has 0 aliphatic carbocycles. The van der Waals surface area contributed by atoms with Crippen LogP contribution in [0.4, 0.5) is 5.69 Å². The molecule has 31 heavy (non-hydrogen) atoms. The molecule has 4 rings (SSSR count). The Labute approximate surface area is 198 Å². The Morgan fingerprint density at radius 3 is 2.26 bits per heavy atom. The monoisotopic (exact) mass is 489 g/mol. The summed E-state index contributed by atoms with van der Waals surface area (Å²) in [4.78, 5) is 13.9. The second-order valence-electron chi connectivity index (χ2n) is 6.68. The van der Waals surface area contributed by atoms with Gasteiger partial charge < -0.3 is 5.32 Å². The van der Waals surface area contributed by atoms with Crippen LogP contribution in [0.2, 0.25) is 15.1 Å². The van der Waals surface area contributed by atoms with Gasteiger partial charge in [-0.1, -0.05) is 52.5 Å². The molecule has 0 unspecified atom stereocenters. The average molecular weight is 491 g/mol. The highest BCUT2D eigenvalue weighted by molar-refractivity contribution is 7.80. The SMILES string of the molecule is Cc1ccc(-n2nc3cc(Cl)c(NC(=S)NC(=O)c4ccc(Cl)c(Cl)c4)cc3n2)cc1. The maximum absolute atomic E-state index is 12.4. The van der Waals surface area contributed by atoms with Crippen LogP contribution in [0.3, 0.4) is 0 Å². The highest BCUT2D eigenvalue weighted by Crippen LogP contribution is 2.27. The number of fused-ring (bicyclic) bond motifs is 1. The van der Waals surface area contributed by atoms with Crippen LogP contribution in [0.5, 0.6) is 0 Å². The number of anilines is 1. The molecule has 0 atom stereocenters. The van der Waals surface area contributed by atoms with Gasteiger partial charge in [-0.3, -0.25) is 10.1 Å². The van der Waals surface area contributed by atoms with Crippen LogP contribution < -0.4 is 10.6 Å². The van der Waals surface area contributed by atoms with Crippen LogP contribution in [-0.4, -0.2) is 26.0 Å². The van der Waals surface area contributed by atoms with Gasteiger partial charge in [0.2, 0.25) is 0 Å². The van der Waals surface area contributed by atoms with E-state index in [-0.39, 0.29) is 10.1 Å². The molecule has 10 heteroatoms. The molecule has 0 saturated carbocycles. The minimum absolute atomic E-state index is 0.0725. The van der Waals surface area contributed by atoms with Gasteiger partial charge in [0.05, 0.1) is 26.4 Å². The van der Waals surface area contributed by atoms with E-state index in [1.165, 1.54) is 16.9 Å². The normalized spacial score (nSPS) is 10.8. The number of nitrogens with one attached hydrogen (secondary N) is 2. The first-order valence-corrected chi connectivity index (χ1v) is 10.6. The molecule has 0 saturated heterocycles. The fraction of sp³-hybridized carbons (Fsp3) is 0.0476. The van der Waals surface area contributed by atoms with Gasteiger partial charge in [0.25, 0.3) is 5.91 Å². The van der Waals surface area contributed by atoms with Gasteiger partial charge in [0.1, 0.15) is 11.0 Å². The fourth-order valence-corrected chi connectivity index (χ4v) is 3.50. The van der Waals surface area contributed by atoms with E-state index in [0.717, 1.165) is 11.3 Å². The van der Waals surface area contributed by atoms with E-state index in [9.17, 15) is 4.79 Å². The van der Waals surface area contributed by atoms with Crippen molar-refractivity contribution in [2.45, 2.75) is 6.92 Å². The first-order chi connectivity index (χ1) is 14.8. The Morgan fingerprint density at radius 2 is 1.58 bits per heavy atom. The largest absolute Gasteiger partial charge is 0.331 e. The van der Waals surface area contributed by atoms with Crippen molar-refractivity contribution in [1.82, 2.24) is 20.3 Å². The van der Waals surface area contributed by atoms with Crippen molar-refractivity contribution in [2.75, 3.05) is 5.32 Å². The van der Waals surface area contributed by atoms with E-state index in [1.54, 1.807) is 18.2 Å². The standard InChI is InChI=1S/C21H14Cl3N5OS/c1-11-2-5-13(6-3-11)29-27-18-9-16(24)17(10-19(18)28-29)25-21(31)26-20(30)12-4-7-14(22)15(23)8-12/h2-10H,1H3,(H2,25,26,30,31). The molecule has 0 aliphatic rings. The number of benzene rings is 3. The minimum Gasteiger partial charge on any atom is -0.331 e. The van der Waals surface area contributed by atoms with Crippen molar-refractivity contribution in [1.29, 1.82) is 0 Å². The predicted molar refractivity (Wildman–Crippen MR) is 129 cm³/mol. The maximum Gasteiger partial charge on any atom is 0.257 e. The van der Waals surface area contributed by atoms with Gasteiger partial charge in [-0.05, 0) is 61.6 Å². The summed E-state index contributed by atoms with van der Waals surface area (Å²) in [6, 6.07) is 15.8. The summed E-state index contributed by atoms with van der Waals surface area (Å²) in [6.45, 7) is 2.01. The van der Waals surface area contributed by atoms with Crippen LogP contribution in [0.1, 0.15) is 15.9 Å². The van der Waals surface area contributed by atoms with Gasteiger partial charge in [-0.15, -0.1) is 10.2 Å². The second kappa shape index (κ2) is 8.80. The Hall–Kier alpha value is -2.71. The lowest BCUT2D eigenvalue weighted by atomic mass is 10.2. The molecule has 0 bridgehead atoms. The number of aromatic nitrogens is 3. The number of nitrogens with zero attached hydrogens (tertiary/aromatic N) is 3. The molecule has 0 spiro atoms. The van der Waals surface area contributed by atoms with Crippen molar-refractivity contribution < 1.29 is 4.79 Å². The van der Waals surface area contributed by atoms with Gasteiger partial charge in [0, 0.05) is 5.56 Å². The lowest BCUT2D eigenvalue weighted by molar-refractivity contribution is 0.0977. The zero-order valence-corrected chi connectivity index (χ0v) is 19.1. The third kappa shape index (κ3) is 4.80. The molecule has 1 heterocycles. The zero-order valence-electron chi connectivity index (χ0n) is 16.0. The number of carbonyl (C=O) groups excluding carboxylic acids is 1. The molecule has 0 aliphatic heterocycles. The number of carbonyl (C=O) groups is 1. The first kappa shape index (κ1) is 21.5. The number of hydrogen-bond acceptors (Lipinski definition) is 4. The van der Waals surface area contributed by atoms with E-state index in [2.05, 4.69) is 20.8 Å². The Morgan fingerprint density at radius 1 is 0.903 bits per heavy atom. The Balaban J connectivity index is 1.52. The van der Waals surface area contributed by atoms with Gasteiger partial charge in [-0.25, -0.2) is 0 Å². The van der Waals surface area contributed by atoms with Crippen LogP contribution in [0.25, 0.3) is 16.7 Å². The molecule has 1 aromatic heterocycles. The fourth-order valence-electron chi connectivity index (χ4n) is 2.79. The van der Waals surface area contributed by atoms with Crippen molar-refractivity contribution in [3.63, 3.8) is 0 Å². The zero-order chi connectivity index (χ0) is 22.1. The topological polar surface area (TPSA) is 71.8 Å². The van der Waals surface area contributed by atoms with Gasteiger partial charge >= 0.3 is 0 Å². The molecule has 0 radical (unpaired) electrons. The van der Waals surface area contributed by atoms with Crippen LogP contribution in [0.15, 0.2) is 54.6 Å². The van der Waals surface area contributed by atoms with E-state index >= 15 is 0 Å². The summed E-state index contributed by atoms with van der Waals surface area (Å²) < 4.78 is 0. The first-order valence-electron chi connectivity index (χ1n) is 9.01. The molecule has 1 amide bonds. The molecule has 4 aromatic rings. The average Bonchev–Trinajstić information content (AvgIpc) is 3.13. The number of halogens is 3. The van der Waals surface area contributed by atoms with Crippen LogP contribution in [-0.2, 0) is 0 Å². The van der Waals surface area contributed by atoms with E-state index < -0.39 is 5.91 Å². The molecule has 6 nitrogen and oxygen atoms in total. The highest BCUT2D eigenvalue weighted by atomic mass is 35.5. The van der Waals surface area contributed by atoms with Crippen molar-refractivity contribution in [2.24, 2.45) is 0 Å². The second-order valence-corrected chi connectivity index (χ2v) is 8.31. The van der Waals surface area contributed by atoms with E-state index in [1.807, 2.05) is 31.2 Å². The number of amides is 1. The molecule has 156 valence electrons. The summed E-state index contributed by atoms with van der Waals surface area (Å²) in [5.74, 6) is -0.432. The van der Waals surface area contributed by atoms with Gasteiger partial charge in [-0.2, -0.15) is 4.80 Å². The third-order valence-electron chi connectivity index (χ3n) is 4.39. The summed E-state index contributed by atoms with van der Waals surface area (Å²) in [5.41, 5.74) is 4.03. The number of thiocarbonyl (C=S) groups is 1. The summed E-state index contributed by atoms with van der Waals surface area (Å²) >= 11 is 23.5. The minimum atomic E-state index is -0.432. The molecular weight excluding hydrogens is 477 g/mol. The quantitative estimate of drug-likeness (QED) is 0.354.